The van der Waals surface area contributed by atoms with E-state index in [1.54, 1.807) is 7.11 Å². The van der Waals surface area contributed by atoms with Crippen LogP contribution in [0.4, 0.5) is 0 Å². The van der Waals surface area contributed by atoms with Crippen molar-refractivity contribution in [1.82, 2.24) is 0 Å². The Labute approximate surface area is 59.5 Å². The fraction of sp³-hybridized carbons (Fsp3) is 1.00. The molecular formula is C6H16O2Si. The molecule has 0 aliphatic carbocycles. The van der Waals surface area contributed by atoms with Crippen molar-refractivity contribution in [3.8, 4) is 0 Å². The Morgan fingerprint density at radius 3 is 2.67 bits per heavy atom. The van der Waals surface area contributed by atoms with Crippen LogP contribution in [-0.4, -0.2) is 30.1 Å². The van der Waals surface area contributed by atoms with E-state index in [0.29, 0.717) is 0 Å². The maximum atomic E-state index is 5.34. The molecule has 9 heavy (non-hydrogen) atoms. The van der Waals surface area contributed by atoms with Crippen LogP contribution < -0.4 is 0 Å². The highest BCUT2D eigenvalue weighted by Gasteiger charge is 1.85. The van der Waals surface area contributed by atoms with Gasteiger partial charge in [0, 0.05) is 20.3 Å². The van der Waals surface area contributed by atoms with Gasteiger partial charge < -0.3 is 9.16 Å². The van der Waals surface area contributed by atoms with Crippen LogP contribution in [0.15, 0.2) is 0 Å². The minimum Gasteiger partial charge on any atom is -0.424 e. The molecule has 0 aliphatic heterocycles. The standard InChI is InChI=1S/C6H16O2Si/c1-3-9-8-6-4-5-7-2/h3-6,9H2,1-2H3. The molecule has 0 radical (unpaired) electrons. The van der Waals surface area contributed by atoms with Gasteiger partial charge in [-0.15, -0.1) is 0 Å². The van der Waals surface area contributed by atoms with E-state index in [1.807, 2.05) is 0 Å². The molecule has 3 heteroatoms. The normalized spacial score (nSPS) is 11.3. The van der Waals surface area contributed by atoms with Crippen LogP contribution in [0.3, 0.4) is 0 Å². The molecule has 0 unspecified atom stereocenters. The van der Waals surface area contributed by atoms with Gasteiger partial charge in [-0.2, -0.15) is 0 Å². The van der Waals surface area contributed by atoms with E-state index in [4.69, 9.17) is 9.16 Å². The zero-order valence-corrected chi connectivity index (χ0v) is 7.77. The summed E-state index contributed by atoms with van der Waals surface area (Å²) in [6.07, 6.45) is 1.05. The monoisotopic (exact) mass is 148 g/mol. The van der Waals surface area contributed by atoms with Gasteiger partial charge in [0.05, 0.1) is 0 Å². The van der Waals surface area contributed by atoms with Crippen LogP contribution in [0.25, 0.3) is 0 Å². The Hall–Kier alpha value is 0.137. The fourth-order valence-electron chi connectivity index (χ4n) is 0.552. The van der Waals surface area contributed by atoms with Gasteiger partial charge in [-0.05, 0) is 12.5 Å². The lowest BCUT2D eigenvalue weighted by molar-refractivity contribution is 0.174. The summed E-state index contributed by atoms with van der Waals surface area (Å²) in [4.78, 5) is 0. The van der Waals surface area contributed by atoms with Crippen molar-refractivity contribution in [2.45, 2.75) is 19.4 Å². The summed E-state index contributed by atoms with van der Waals surface area (Å²) >= 11 is 0. The second-order valence-corrected chi connectivity index (χ2v) is 3.78. The molecule has 0 spiro atoms. The van der Waals surface area contributed by atoms with Crippen LogP contribution in [-0.2, 0) is 9.16 Å². The minimum absolute atomic E-state index is 0.162. The van der Waals surface area contributed by atoms with Crippen LogP contribution in [0.1, 0.15) is 13.3 Å². The lowest BCUT2D eigenvalue weighted by Crippen LogP contribution is -2.01. The predicted octanol–water partition coefficient (Wildman–Crippen LogP) is 0.561. The first kappa shape index (κ1) is 9.14. The molecule has 0 rings (SSSR count). The summed E-state index contributed by atoms with van der Waals surface area (Å²) in [5, 5.41) is 0. The molecule has 0 N–H and O–H groups in total. The van der Waals surface area contributed by atoms with Crippen molar-refractivity contribution in [2.75, 3.05) is 20.3 Å². The van der Waals surface area contributed by atoms with Gasteiger partial charge >= 0.3 is 0 Å². The quantitative estimate of drug-likeness (QED) is 0.405. The van der Waals surface area contributed by atoms with Crippen molar-refractivity contribution in [3.63, 3.8) is 0 Å². The van der Waals surface area contributed by atoms with Gasteiger partial charge in [-0.3, -0.25) is 0 Å². The molecule has 0 aromatic rings. The molecule has 56 valence electrons. The second kappa shape index (κ2) is 8.14. The zero-order chi connectivity index (χ0) is 6.95. The van der Waals surface area contributed by atoms with Gasteiger partial charge in [0.2, 0.25) is 0 Å². The highest BCUT2D eigenvalue weighted by atomic mass is 28.2. The van der Waals surface area contributed by atoms with Crippen molar-refractivity contribution < 1.29 is 9.16 Å². The first-order valence-electron chi connectivity index (χ1n) is 3.48. The zero-order valence-electron chi connectivity index (χ0n) is 6.35. The van der Waals surface area contributed by atoms with Crippen LogP contribution in [0.5, 0.6) is 0 Å². The van der Waals surface area contributed by atoms with Gasteiger partial charge in [0.1, 0.15) is 0 Å². The summed E-state index contributed by atoms with van der Waals surface area (Å²) in [5.74, 6) is 0. The third kappa shape index (κ3) is 8.14. The average molecular weight is 148 g/mol. The molecule has 0 heterocycles. The number of ether oxygens (including phenoxy) is 1. The molecule has 0 fully saturated rings. The lowest BCUT2D eigenvalue weighted by atomic mass is 10.5. The number of hydrogen-bond acceptors (Lipinski definition) is 2. The van der Waals surface area contributed by atoms with Crippen LogP contribution >= 0.6 is 0 Å². The van der Waals surface area contributed by atoms with E-state index < -0.39 is 0 Å². The largest absolute Gasteiger partial charge is 0.424 e. The smallest absolute Gasteiger partial charge is 0.161 e. The van der Waals surface area contributed by atoms with Gasteiger partial charge in [0.15, 0.2) is 9.76 Å². The summed E-state index contributed by atoms with van der Waals surface area (Å²) in [6, 6.07) is 1.24. The molecule has 0 aromatic heterocycles. The Bertz CT molecular complexity index is 44.3. The van der Waals surface area contributed by atoms with Crippen molar-refractivity contribution >= 4 is 9.76 Å². The van der Waals surface area contributed by atoms with Gasteiger partial charge in [-0.25, -0.2) is 0 Å². The number of methoxy groups -OCH3 is 1. The maximum Gasteiger partial charge on any atom is 0.161 e. The molecule has 0 saturated heterocycles. The molecule has 0 aromatic carbocycles. The van der Waals surface area contributed by atoms with Crippen molar-refractivity contribution in [2.24, 2.45) is 0 Å². The molecule has 0 aliphatic rings. The number of rotatable bonds is 6. The van der Waals surface area contributed by atoms with E-state index in [2.05, 4.69) is 6.92 Å². The Morgan fingerprint density at radius 2 is 2.11 bits per heavy atom. The topological polar surface area (TPSA) is 18.5 Å². The Kier molecular flexibility index (Phi) is 8.26. The Balaban J connectivity index is 2.60. The second-order valence-electron chi connectivity index (χ2n) is 1.96. The predicted molar refractivity (Wildman–Crippen MR) is 41.5 cm³/mol. The van der Waals surface area contributed by atoms with E-state index in [-0.39, 0.29) is 9.76 Å². The first-order valence-corrected chi connectivity index (χ1v) is 5.06. The van der Waals surface area contributed by atoms with Gasteiger partial charge in [-0.1, -0.05) is 6.92 Å². The third-order valence-corrected chi connectivity index (χ3v) is 1.97. The highest BCUT2D eigenvalue weighted by molar-refractivity contribution is 6.26. The fourth-order valence-corrected chi connectivity index (χ4v) is 1.25. The molecule has 2 nitrogen and oxygen atoms in total. The third-order valence-electron chi connectivity index (χ3n) is 0.986. The van der Waals surface area contributed by atoms with E-state index in [1.165, 1.54) is 6.04 Å². The SMILES string of the molecule is CC[SiH2]OCCCOC. The van der Waals surface area contributed by atoms with Crippen molar-refractivity contribution in [1.29, 1.82) is 0 Å². The van der Waals surface area contributed by atoms with Gasteiger partial charge in [0.25, 0.3) is 0 Å². The van der Waals surface area contributed by atoms with E-state index >= 15 is 0 Å². The molecule has 0 atom stereocenters. The molecule has 0 saturated carbocycles. The summed E-state index contributed by atoms with van der Waals surface area (Å²) in [5.41, 5.74) is 0. The summed E-state index contributed by atoms with van der Waals surface area (Å²) in [6.45, 7) is 3.90. The van der Waals surface area contributed by atoms with E-state index in [0.717, 1.165) is 19.6 Å². The Morgan fingerprint density at radius 1 is 1.33 bits per heavy atom. The highest BCUT2D eigenvalue weighted by Crippen LogP contribution is 1.83. The lowest BCUT2D eigenvalue weighted by Gasteiger charge is -1.99. The summed E-state index contributed by atoms with van der Waals surface area (Å²) < 4.78 is 10.2. The molecule has 0 bridgehead atoms. The van der Waals surface area contributed by atoms with Crippen LogP contribution in [0, 0.1) is 0 Å². The number of hydrogen-bond donors (Lipinski definition) is 0. The van der Waals surface area contributed by atoms with Crippen molar-refractivity contribution in [3.05, 3.63) is 0 Å². The average Bonchev–Trinajstić information content (AvgIpc) is 1.89. The van der Waals surface area contributed by atoms with Crippen LogP contribution in [0.2, 0.25) is 6.04 Å². The first-order chi connectivity index (χ1) is 4.41. The molecule has 0 amide bonds. The minimum atomic E-state index is -0.162. The maximum absolute atomic E-state index is 5.34. The summed E-state index contributed by atoms with van der Waals surface area (Å²) in [7, 11) is 1.56. The van der Waals surface area contributed by atoms with E-state index in [9.17, 15) is 0 Å². The molecular weight excluding hydrogens is 132 g/mol.